The van der Waals surface area contributed by atoms with Gasteiger partial charge in [0.2, 0.25) is 5.91 Å². The second kappa shape index (κ2) is 9.84. The van der Waals surface area contributed by atoms with E-state index in [2.05, 4.69) is 0 Å². The molecule has 1 aliphatic rings. The Hall–Kier alpha value is -2.05. The van der Waals surface area contributed by atoms with Crippen LogP contribution in [0.4, 0.5) is 0 Å². The summed E-state index contributed by atoms with van der Waals surface area (Å²) in [5.74, 6) is -0.325. The molecule has 1 unspecified atom stereocenters. The van der Waals surface area contributed by atoms with Crippen molar-refractivity contribution in [2.24, 2.45) is 0 Å². The van der Waals surface area contributed by atoms with Gasteiger partial charge in [0.15, 0.2) is 0 Å². The molecule has 0 aliphatic carbocycles. The van der Waals surface area contributed by atoms with Crippen molar-refractivity contribution in [3.05, 3.63) is 90.5 Å². The Morgan fingerprint density at radius 2 is 1.75 bits per heavy atom. The Morgan fingerprint density at radius 1 is 1.03 bits per heavy atom. The van der Waals surface area contributed by atoms with E-state index >= 15 is 0 Å². The summed E-state index contributed by atoms with van der Waals surface area (Å²) in [4.78, 5) is 31.1. The summed E-state index contributed by atoms with van der Waals surface area (Å²) >= 11 is 20.3. The number of carbonyl (C=O) groups is 2. The zero-order chi connectivity index (χ0) is 22.8. The first-order chi connectivity index (χ1) is 15.4. The van der Waals surface area contributed by atoms with E-state index in [4.69, 9.17) is 34.8 Å². The van der Waals surface area contributed by atoms with Crippen LogP contribution in [0.1, 0.15) is 39.3 Å². The molecule has 2 amide bonds. The summed E-state index contributed by atoms with van der Waals surface area (Å²) in [6.45, 7) is 2.82. The van der Waals surface area contributed by atoms with Gasteiger partial charge in [0.25, 0.3) is 5.91 Å². The van der Waals surface area contributed by atoms with Crippen LogP contribution in [0.2, 0.25) is 15.1 Å². The van der Waals surface area contributed by atoms with Gasteiger partial charge in [-0.05, 0) is 72.3 Å². The van der Waals surface area contributed by atoms with Crippen LogP contribution in [0.3, 0.4) is 0 Å². The van der Waals surface area contributed by atoms with E-state index in [-0.39, 0.29) is 24.4 Å². The molecule has 4 nitrogen and oxygen atoms in total. The van der Waals surface area contributed by atoms with E-state index in [0.717, 1.165) is 17.5 Å². The number of hydrogen-bond donors (Lipinski definition) is 0. The highest BCUT2D eigenvalue weighted by Crippen LogP contribution is 2.41. The number of amides is 2. The second-order valence-electron chi connectivity index (χ2n) is 7.53. The second-order valence-corrected chi connectivity index (χ2v) is 9.81. The monoisotopic (exact) mass is 506 g/mol. The van der Waals surface area contributed by atoms with Crippen molar-refractivity contribution in [1.82, 2.24) is 9.80 Å². The highest BCUT2D eigenvalue weighted by atomic mass is 35.5. The summed E-state index contributed by atoms with van der Waals surface area (Å²) < 4.78 is 0. The molecule has 0 saturated heterocycles. The average Bonchev–Trinajstić information content (AvgIpc) is 3.26. The van der Waals surface area contributed by atoms with Crippen LogP contribution in [-0.4, -0.2) is 41.2 Å². The predicted octanol–water partition coefficient (Wildman–Crippen LogP) is 6.34. The van der Waals surface area contributed by atoms with E-state index in [1.807, 2.05) is 29.3 Å². The van der Waals surface area contributed by atoms with Gasteiger partial charge in [0.05, 0.1) is 6.04 Å². The van der Waals surface area contributed by atoms with Gasteiger partial charge in [-0.25, -0.2) is 0 Å². The highest BCUT2D eigenvalue weighted by molar-refractivity contribution is 7.10. The van der Waals surface area contributed by atoms with Gasteiger partial charge in [-0.1, -0.05) is 40.9 Å². The summed E-state index contributed by atoms with van der Waals surface area (Å²) in [5, 5.41) is 3.66. The van der Waals surface area contributed by atoms with Crippen LogP contribution < -0.4 is 0 Å². The summed E-state index contributed by atoms with van der Waals surface area (Å²) in [6.07, 6.45) is 0.776. The van der Waals surface area contributed by atoms with Crippen molar-refractivity contribution in [3.8, 4) is 0 Å². The summed E-state index contributed by atoms with van der Waals surface area (Å²) in [6, 6.07) is 13.8. The third kappa shape index (κ3) is 4.67. The van der Waals surface area contributed by atoms with Gasteiger partial charge in [-0.15, -0.1) is 11.3 Å². The largest absolute Gasteiger partial charge is 0.330 e. The van der Waals surface area contributed by atoms with Gasteiger partial charge in [-0.3, -0.25) is 9.59 Å². The smallest absolute Gasteiger partial charge is 0.254 e. The third-order valence-electron chi connectivity index (χ3n) is 5.63. The molecule has 1 atom stereocenters. The van der Waals surface area contributed by atoms with Crippen molar-refractivity contribution >= 4 is 58.0 Å². The molecular formula is C24H21Cl3N2O2S. The molecule has 1 aromatic heterocycles. The Labute approximate surface area is 206 Å². The van der Waals surface area contributed by atoms with Crippen molar-refractivity contribution < 1.29 is 9.59 Å². The molecule has 32 heavy (non-hydrogen) atoms. The molecular weight excluding hydrogens is 487 g/mol. The number of nitrogens with zero attached hydrogens (tertiary/aromatic N) is 2. The molecule has 0 spiro atoms. The minimum atomic E-state index is -0.313. The maximum atomic E-state index is 13.5. The molecule has 1 aliphatic heterocycles. The zero-order valence-corrected chi connectivity index (χ0v) is 20.4. The SMILES string of the molecule is CCN(CC(=O)N1CCc2sccc2C1c1ccc(Cl)cc1Cl)C(=O)c1ccc(Cl)cc1. The van der Waals surface area contributed by atoms with Gasteiger partial charge >= 0.3 is 0 Å². The lowest BCUT2D eigenvalue weighted by Crippen LogP contribution is -2.46. The number of likely N-dealkylation sites (N-methyl/N-ethyl adjacent to an activating group) is 1. The molecule has 0 saturated carbocycles. The van der Waals surface area contributed by atoms with Gasteiger partial charge in [0.1, 0.15) is 6.54 Å². The molecule has 166 valence electrons. The van der Waals surface area contributed by atoms with Crippen LogP contribution in [0.15, 0.2) is 53.9 Å². The Morgan fingerprint density at radius 3 is 2.44 bits per heavy atom. The van der Waals surface area contributed by atoms with E-state index in [9.17, 15) is 9.59 Å². The van der Waals surface area contributed by atoms with Crippen LogP contribution in [0.25, 0.3) is 0 Å². The summed E-state index contributed by atoms with van der Waals surface area (Å²) in [5.41, 5.74) is 2.40. The molecule has 0 N–H and O–H groups in total. The first-order valence-corrected chi connectivity index (χ1v) is 12.3. The standard InChI is InChI=1S/C24H21Cl3N2O2S/c1-2-28(24(31)15-3-5-16(25)6-4-15)14-22(30)29-11-9-21-19(10-12-32-21)23(29)18-8-7-17(26)13-20(18)27/h3-8,10,12-13,23H,2,9,11,14H2,1H3. The Balaban J connectivity index is 1.62. The lowest BCUT2D eigenvalue weighted by molar-refractivity contribution is -0.134. The first kappa shape index (κ1) is 23.1. The van der Waals surface area contributed by atoms with E-state index < -0.39 is 0 Å². The number of halogens is 3. The number of carbonyl (C=O) groups excluding carboxylic acids is 2. The van der Waals surface area contributed by atoms with Crippen molar-refractivity contribution in [2.45, 2.75) is 19.4 Å². The highest BCUT2D eigenvalue weighted by Gasteiger charge is 2.35. The molecule has 0 fully saturated rings. The van der Waals surface area contributed by atoms with Gasteiger partial charge in [0, 0.05) is 38.6 Å². The van der Waals surface area contributed by atoms with Crippen LogP contribution in [-0.2, 0) is 11.2 Å². The molecule has 2 aromatic carbocycles. The van der Waals surface area contributed by atoms with Crippen LogP contribution in [0, 0.1) is 0 Å². The molecule has 4 rings (SSSR count). The Kier molecular flexibility index (Phi) is 7.11. The quantitative estimate of drug-likeness (QED) is 0.404. The summed E-state index contributed by atoms with van der Waals surface area (Å²) in [7, 11) is 0. The fourth-order valence-corrected chi connectivity index (χ4v) is 5.54. The fraction of sp³-hybridized carbons (Fsp3) is 0.250. The minimum Gasteiger partial charge on any atom is -0.330 e. The van der Waals surface area contributed by atoms with E-state index in [1.165, 1.54) is 4.88 Å². The van der Waals surface area contributed by atoms with Gasteiger partial charge < -0.3 is 9.80 Å². The number of rotatable bonds is 5. The molecule has 0 radical (unpaired) electrons. The normalized spacial score (nSPS) is 15.4. The first-order valence-electron chi connectivity index (χ1n) is 10.2. The van der Waals surface area contributed by atoms with E-state index in [1.54, 1.807) is 52.6 Å². The van der Waals surface area contributed by atoms with Crippen molar-refractivity contribution in [1.29, 1.82) is 0 Å². The van der Waals surface area contributed by atoms with Crippen LogP contribution >= 0.6 is 46.1 Å². The van der Waals surface area contributed by atoms with Crippen molar-refractivity contribution in [2.75, 3.05) is 19.6 Å². The number of thiophene rings is 1. The molecule has 8 heteroatoms. The maximum absolute atomic E-state index is 13.5. The van der Waals surface area contributed by atoms with Crippen molar-refractivity contribution in [3.63, 3.8) is 0 Å². The number of hydrogen-bond acceptors (Lipinski definition) is 3. The lowest BCUT2D eigenvalue weighted by atomic mass is 9.93. The fourth-order valence-electron chi connectivity index (χ4n) is 4.00. The lowest BCUT2D eigenvalue weighted by Gasteiger charge is -2.38. The number of fused-ring (bicyclic) bond motifs is 1. The molecule has 3 aromatic rings. The van der Waals surface area contributed by atoms with Crippen LogP contribution in [0.5, 0.6) is 0 Å². The predicted molar refractivity (Wildman–Crippen MR) is 131 cm³/mol. The third-order valence-corrected chi connectivity index (χ3v) is 7.44. The maximum Gasteiger partial charge on any atom is 0.254 e. The molecule has 0 bridgehead atoms. The van der Waals surface area contributed by atoms with E-state index in [0.29, 0.717) is 33.7 Å². The number of benzene rings is 2. The van der Waals surface area contributed by atoms with Gasteiger partial charge in [-0.2, -0.15) is 0 Å². The minimum absolute atomic E-state index is 0.0147. The molecule has 2 heterocycles. The average molecular weight is 508 g/mol. The Bertz CT molecular complexity index is 1150. The zero-order valence-electron chi connectivity index (χ0n) is 17.4. The topological polar surface area (TPSA) is 40.6 Å².